The number of aromatic nitrogens is 2. The number of hydrogen-bond donors (Lipinski definition) is 1. The van der Waals surface area contributed by atoms with Gasteiger partial charge in [-0.05, 0) is 25.0 Å². The summed E-state index contributed by atoms with van der Waals surface area (Å²) < 4.78 is 2.16. The summed E-state index contributed by atoms with van der Waals surface area (Å²) in [6.07, 6.45) is 4.21. The Morgan fingerprint density at radius 1 is 1.29 bits per heavy atom. The molecule has 0 aliphatic heterocycles. The van der Waals surface area contributed by atoms with E-state index in [1.54, 1.807) is 0 Å². The van der Waals surface area contributed by atoms with Gasteiger partial charge in [0, 0.05) is 11.6 Å². The van der Waals surface area contributed by atoms with E-state index >= 15 is 0 Å². The van der Waals surface area contributed by atoms with Gasteiger partial charge in [0.2, 0.25) is 0 Å². The average Bonchev–Trinajstić information content (AvgIpc) is 2.86. The molecule has 1 aliphatic carbocycles. The number of rotatable bonds is 1. The molecule has 3 heteroatoms. The molecule has 2 aromatic rings. The normalized spacial score (nSPS) is 18.6. The lowest BCUT2D eigenvalue weighted by atomic mass is 9.88. The van der Waals surface area contributed by atoms with E-state index in [1.807, 2.05) is 18.2 Å². The zero-order valence-corrected chi connectivity index (χ0v) is 10.7. The fraction of sp³-hybridized carbons (Fsp3) is 0.500. The third-order valence-electron chi connectivity index (χ3n) is 3.50. The highest BCUT2D eigenvalue weighted by molar-refractivity contribution is 5.48. The van der Waals surface area contributed by atoms with Crippen molar-refractivity contribution in [3.63, 3.8) is 0 Å². The van der Waals surface area contributed by atoms with Crippen molar-refractivity contribution in [3.05, 3.63) is 35.8 Å². The SMILES string of the molecule is CC(C)(C)c1nc2ccccn2c1C1(N)CC1. The molecule has 0 aromatic carbocycles. The molecule has 90 valence electrons. The first-order valence-electron chi connectivity index (χ1n) is 6.19. The van der Waals surface area contributed by atoms with Crippen LogP contribution in [0.4, 0.5) is 0 Å². The van der Waals surface area contributed by atoms with E-state index in [-0.39, 0.29) is 11.0 Å². The third-order valence-corrected chi connectivity index (χ3v) is 3.50. The van der Waals surface area contributed by atoms with Crippen molar-refractivity contribution >= 4 is 5.65 Å². The molecule has 1 fully saturated rings. The summed E-state index contributed by atoms with van der Waals surface area (Å²) in [5.41, 5.74) is 9.66. The zero-order valence-electron chi connectivity index (χ0n) is 10.7. The quantitative estimate of drug-likeness (QED) is 0.816. The summed E-state index contributed by atoms with van der Waals surface area (Å²) in [6.45, 7) is 6.60. The van der Waals surface area contributed by atoms with Gasteiger partial charge in [0.1, 0.15) is 5.65 Å². The summed E-state index contributed by atoms with van der Waals surface area (Å²) in [6, 6.07) is 6.11. The fourth-order valence-corrected chi connectivity index (χ4v) is 2.37. The Bertz CT molecular complexity index is 571. The van der Waals surface area contributed by atoms with Crippen LogP contribution in [0.15, 0.2) is 24.4 Å². The lowest BCUT2D eigenvalue weighted by Crippen LogP contribution is -2.26. The molecule has 2 heterocycles. The molecule has 0 atom stereocenters. The predicted molar refractivity (Wildman–Crippen MR) is 69.0 cm³/mol. The second kappa shape index (κ2) is 3.10. The first-order chi connectivity index (χ1) is 7.92. The molecule has 0 radical (unpaired) electrons. The summed E-state index contributed by atoms with van der Waals surface area (Å²) in [4.78, 5) is 4.77. The maximum Gasteiger partial charge on any atom is 0.137 e. The molecule has 0 saturated heterocycles. The maximum absolute atomic E-state index is 6.42. The average molecular weight is 229 g/mol. The van der Waals surface area contributed by atoms with E-state index in [0.29, 0.717) is 0 Å². The summed E-state index contributed by atoms with van der Waals surface area (Å²) >= 11 is 0. The van der Waals surface area contributed by atoms with Crippen LogP contribution in [0.2, 0.25) is 0 Å². The van der Waals surface area contributed by atoms with Gasteiger partial charge in [-0.3, -0.25) is 0 Å². The topological polar surface area (TPSA) is 43.3 Å². The van der Waals surface area contributed by atoms with E-state index in [4.69, 9.17) is 10.7 Å². The Morgan fingerprint density at radius 3 is 2.59 bits per heavy atom. The van der Waals surface area contributed by atoms with Gasteiger partial charge in [0.25, 0.3) is 0 Å². The largest absolute Gasteiger partial charge is 0.320 e. The lowest BCUT2D eigenvalue weighted by molar-refractivity contribution is 0.546. The molecular formula is C14H19N3. The molecule has 2 N–H and O–H groups in total. The van der Waals surface area contributed by atoms with Crippen molar-refractivity contribution in [3.8, 4) is 0 Å². The fourth-order valence-electron chi connectivity index (χ4n) is 2.37. The number of nitrogens with zero attached hydrogens (tertiary/aromatic N) is 2. The Balaban J connectivity index is 2.34. The van der Waals surface area contributed by atoms with E-state index in [1.165, 1.54) is 5.69 Å². The maximum atomic E-state index is 6.42. The molecule has 0 unspecified atom stereocenters. The number of imidazole rings is 1. The molecular weight excluding hydrogens is 210 g/mol. The lowest BCUT2D eigenvalue weighted by Gasteiger charge is -2.20. The van der Waals surface area contributed by atoms with Gasteiger partial charge in [-0.1, -0.05) is 26.8 Å². The van der Waals surface area contributed by atoms with Crippen LogP contribution in [-0.4, -0.2) is 9.38 Å². The number of pyridine rings is 1. The standard InChI is InChI=1S/C14H19N3/c1-13(2,3)11-12(14(15)7-8-14)17-9-5-4-6-10(17)16-11/h4-6,9H,7-8,15H2,1-3H3. The first-order valence-corrected chi connectivity index (χ1v) is 6.19. The number of hydrogen-bond acceptors (Lipinski definition) is 2. The summed E-state index contributed by atoms with van der Waals surface area (Å²) in [7, 11) is 0. The molecule has 0 spiro atoms. The van der Waals surface area contributed by atoms with Crippen molar-refractivity contribution in [2.45, 2.75) is 44.6 Å². The minimum atomic E-state index is -0.149. The van der Waals surface area contributed by atoms with Crippen LogP contribution in [0.1, 0.15) is 45.0 Å². The highest BCUT2D eigenvalue weighted by Gasteiger charge is 2.46. The van der Waals surface area contributed by atoms with E-state index in [2.05, 4.69) is 31.4 Å². The minimum absolute atomic E-state index is 0.0380. The van der Waals surface area contributed by atoms with Crippen molar-refractivity contribution in [2.75, 3.05) is 0 Å². The van der Waals surface area contributed by atoms with Gasteiger partial charge in [-0.15, -0.1) is 0 Å². The Labute approximate surface area is 102 Å². The number of nitrogens with two attached hydrogens (primary N) is 1. The molecule has 3 nitrogen and oxygen atoms in total. The highest BCUT2D eigenvalue weighted by Crippen LogP contribution is 2.46. The number of fused-ring (bicyclic) bond motifs is 1. The van der Waals surface area contributed by atoms with Crippen LogP contribution in [0, 0.1) is 0 Å². The molecule has 3 rings (SSSR count). The van der Waals surface area contributed by atoms with Crippen LogP contribution in [0.25, 0.3) is 5.65 Å². The van der Waals surface area contributed by atoms with E-state index in [9.17, 15) is 0 Å². The Morgan fingerprint density at radius 2 is 2.00 bits per heavy atom. The molecule has 1 saturated carbocycles. The van der Waals surface area contributed by atoms with Gasteiger partial charge in [-0.2, -0.15) is 0 Å². The summed E-state index contributed by atoms with van der Waals surface area (Å²) in [5.74, 6) is 0. The molecule has 17 heavy (non-hydrogen) atoms. The van der Waals surface area contributed by atoms with E-state index < -0.39 is 0 Å². The van der Waals surface area contributed by atoms with Crippen LogP contribution in [-0.2, 0) is 11.0 Å². The second-order valence-electron chi connectivity index (χ2n) is 6.14. The third kappa shape index (κ3) is 1.57. The van der Waals surface area contributed by atoms with Gasteiger partial charge in [-0.25, -0.2) is 4.98 Å². The van der Waals surface area contributed by atoms with Crippen molar-refractivity contribution in [2.24, 2.45) is 5.73 Å². The summed E-state index contributed by atoms with van der Waals surface area (Å²) in [5, 5.41) is 0. The van der Waals surface area contributed by atoms with Crippen LogP contribution < -0.4 is 5.73 Å². The predicted octanol–water partition coefficient (Wildman–Crippen LogP) is 2.58. The van der Waals surface area contributed by atoms with Gasteiger partial charge in [0.05, 0.1) is 16.9 Å². The molecule has 0 bridgehead atoms. The van der Waals surface area contributed by atoms with Crippen molar-refractivity contribution in [1.82, 2.24) is 9.38 Å². The van der Waals surface area contributed by atoms with Crippen LogP contribution in [0.5, 0.6) is 0 Å². The molecule has 1 aliphatic rings. The zero-order chi connectivity index (χ0) is 12.3. The monoisotopic (exact) mass is 229 g/mol. The van der Waals surface area contributed by atoms with Crippen LogP contribution >= 0.6 is 0 Å². The smallest absolute Gasteiger partial charge is 0.137 e. The van der Waals surface area contributed by atoms with Gasteiger partial charge < -0.3 is 10.1 Å². The van der Waals surface area contributed by atoms with Crippen LogP contribution in [0.3, 0.4) is 0 Å². The highest BCUT2D eigenvalue weighted by atomic mass is 15.1. The molecule has 0 amide bonds. The Hall–Kier alpha value is -1.35. The van der Waals surface area contributed by atoms with E-state index in [0.717, 1.165) is 24.2 Å². The van der Waals surface area contributed by atoms with Gasteiger partial charge >= 0.3 is 0 Å². The van der Waals surface area contributed by atoms with Gasteiger partial charge in [0.15, 0.2) is 0 Å². The second-order valence-corrected chi connectivity index (χ2v) is 6.14. The first kappa shape index (κ1) is 10.8. The van der Waals surface area contributed by atoms with Crippen molar-refractivity contribution < 1.29 is 0 Å². The minimum Gasteiger partial charge on any atom is -0.320 e. The molecule has 2 aromatic heterocycles. The van der Waals surface area contributed by atoms with Crippen molar-refractivity contribution in [1.29, 1.82) is 0 Å². The Kier molecular flexibility index (Phi) is 1.97.